The molecule has 0 aliphatic heterocycles. The molecule has 0 aliphatic carbocycles. The molecule has 104 valence electrons. The summed E-state index contributed by atoms with van der Waals surface area (Å²) in [7, 11) is 3.80. The van der Waals surface area contributed by atoms with Crippen molar-refractivity contribution in [3.63, 3.8) is 0 Å². The maximum Gasteiger partial charge on any atom is 0.288 e. The smallest absolute Gasteiger partial charge is 0.288 e. The lowest BCUT2D eigenvalue weighted by Gasteiger charge is -2.20. The molecule has 0 fully saturated rings. The molecule has 6 nitrogen and oxygen atoms in total. The lowest BCUT2D eigenvalue weighted by molar-refractivity contribution is -0.384. The Hall–Kier alpha value is -1.66. The molecule has 19 heavy (non-hydrogen) atoms. The SMILES string of the molecule is CC(CNC(=O)c1cccc([N+](=O)[O-])c1Cl)N(C)C. The summed E-state index contributed by atoms with van der Waals surface area (Å²) < 4.78 is 0. The quantitative estimate of drug-likeness (QED) is 0.662. The van der Waals surface area contributed by atoms with Crippen LogP contribution in [-0.4, -0.2) is 42.4 Å². The maximum atomic E-state index is 11.9. The van der Waals surface area contributed by atoms with Gasteiger partial charge in [-0.15, -0.1) is 0 Å². The molecule has 0 heterocycles. The molecule has 0 aliphatic rings. The summed E-state index contributed by atoms with van der Waals surface area (Å²) in [6.07, 6.45) is 0. The van der Waals surface area contributed by atoms with Crippen LogP contribution in [0.4, 0.5) is 5.69 Å². The average molecular weight is 286 g/mol. The van der Waals surface area contributed by atoms with Crippen molar-refractivity contribution in [2.45, 2.75) is 13.0 Å². The van der Waals surface area contributed by atoms with Gasteiger partial charge in [-0.3, -0.25) is 14.9 Å². The number of likely N-dealkylation sites (N-methyl/N-ethyl adjacent to an activating group) is 1. The summed E-state index contributed by atoms with van der Waals surface area (Å²) in [6, 6.07) is 4.32. The summed E-state index contributed by atoms with van der Waals surface area (Å²) in [5, 5.41) is 13.3. The topological polar surface area (TPSA) is 75.5 Å². The summed E-state index contributed by atoms with van der Waals surface area (Å²) >= 11 is 5.86. The first-order valence-corrected chi connectivity index (χ1v) is 6.10. The second kappa shape index (κ2) is 6.49. The van der Waals surface area contributed by atoms with E-state index in [4.69, 9.17) is 11.6 Å². The zero-order valence-electron chi connectivity index (χ0n) is 11.0. The molecular formula is C12H16ClN3O3. The van der Waals surface area contributed by atoms with Crippen LogP contribution in [0.25, 0.3) is 0 Å². The number of nitro benzene ring substituents is 1. The number of amides is 1. The van der Waals surface area contributed by atoms with Gasteiger partial charge in [0, 0.05) is 18.7 Å². The van der Waals surface area contributed by atoms with Crippen molar-refractivity contribution in [2.75, 3.05) is 20.6 Å². The Bertz CT molecular complexity index is 491. The van der Waals surface area contributed by atoms with Crippen LogP contribution in [0, 0.1) is 10.1 Å². The molecule has 1 N–H and O–H groups in total. The minimum absolute atomic E-state index is 0.113. The van der Waals surface area contributed by atoms with Crippen LogP contribution in [0.2, 0.25) is 5.02 Å². The number of rotatable bonds is 5. The molecule has 0 saturated carbocycles. The average Bonchev–Trinajstić information content (AvgIpc) is 2.35. The van der Waals surface area contributed by atoms with Gasteiger partial charge in [-0.25, -0.2) is 0 Å². The molecule has 0 saturated heterocycles. The highest BCUT2D eigenvalue weighted by molar-refractivity contribution is 6.35. The van der Waals surface area contributed by atoms with Crippen LogP contribution >= 0.6 is 11.6 Å². The van der Waals surface area contributed by atoms with Gasteiger partial charge >= 0.3 is 0 Å². The van der Waals surface area contributed by atoms with Crippen molar-refractivity contribution in [1.29, 1.82) is 0 Å². The first-order chi connectivity index (χ1) is 8.84. The standard InChI is InChI=1S/C12H16ClN3O3/c1-8(15(2)3)7-14-12(17)9-5-4-6-10(11(9)13)16(18)19/h4-6,8H,7H2,1-3H3,(H,14,17). The number of carbonyl (C=O) groups is 1. The third-order valence-corrected chi connectivity index (χ3v) is 3.26. The van der Waals surface area contributed by atoms with E-state index in [-0.39, 0.29) is 22.3 Å². The first kappa shape index (κ1) is 15.4. The van der Waals surface area contributed by atoms with Gasteiger partial charge in [0.15, 0.2) is 0 Å². The second-order valence-corrected chi connectivity index (χ2v) is 4.80. The third-order valence-electron chi connectivity index (χ3n) is 2.86. The minimum atomic E-state index is -0.610. The lowest BCUT2D eigenvalue weighted by atomic mass is 10.2. The number of hydrogen-bond acceptors (Lipinski definition) is 4. The fourth-order valence-electron chi connectivity index (χ4n) is 1.35. The number of carbonyl (C=O) groups excluding carboxylic acids is 1. The van der Waals surface area contributed by atoms with Crippen LogP contribution in [0.15, 0.2) is 18.2 Å². The second-order valence-electron chi connectivity index (χ2n) is 4.42. The Kier molecular flexibility index (Phi) is 5.26. The number of hydrogen-bond donors (Lipinski definition) is 1. The summed E-state index contributed by atoms with van der Waals surface area (Å²) in [5.74, 6) is -0.414. The van der Waals surface area contributed by atoms with Crippen LogP contribution in [-0.2, 0) is 0 Å². The Morgan fingerprint density at radius 3 is 2.68 bits per heavy atom. The maximum absolute atomic E-state index is 11.9. The number of halogens is 1. The zero-order chi connectivity index (χ0) is 14.6. The number of nitrogens with one attached hydrogen (secondary N) is 1. The van der Waals surface area contributed by atoms with Crippen molar-refractivity contribution in [3.05, 3.63) is 38.9 Å². The van der Waals surface area contributed by atoms with E-state index in [0.717, 1.165) is 0 Å². The molecule has 1 aromatic rings. The van der Waals surface area contributed by atoms with E-state index in [1.165, 1.54) is 18.2 Å². The highest BCUT2D eigenvalue weighted by Gasteiger charge is 2.20. The molecule has 0 spiro atoms. The highest BCUT2D eigenvalue weighted by Crippen LogP contribution is 2.27. The van der Waals surface area contributed by atoms with Gasteiger partial charge in [0.25, 0.3) is 11.6 Å². The zero-order valence-corrected chi connectivity index (χ0v) is 11.8. The molecule has 1 rings (SSSR count). The van der Waals surface area contributed by atoms with E-state index in [0.29, 0.717) is 6.54 Å². The van der Waals surface area contributed by atoms with Crippen LogP contribution in [0.5, 0.6) is 0 Å². The number of nitro groups is 1. The van der Waals surface area contributed by atoms with Crippen LogP contribution in [0.1, 0.15) is 17.3 Å². The molecular weight excluding hydrogens is 270 g/mol. The van der Waals surface area contributed by atoms with Crippen LogP contribution < -0.4 is 5.32 Å². The Balaban J connectivity index is 2.83. The predicted molar refractivity (Wildman–Crippen MR) is 73.6 cm³/mol. The summed E-state index contributed by atoms with van der Waals surface area (Å²) in [6.45, 7) is 2.39. The molecule has 0 bridgehead atoms. The molecule has 1 atom stereocenters. The highest BCUT2D eigenvalue weighted by atomic mass is 35.5. The van der Waals surface area contributed by atoms with Gasteiger partial charge in [-0.1, -0.05) is 17.7 Å². The van der Waals surface area contributed by atoms with Crippen LogP contribution in [0.3, 0.4) is 0 Å². The molecule has 1 unspecified atom stereocenters. The van der Waals surface area contributed by atoms with Crippen molar-refractivity contribution >= 4 is 23.2 Å². The molecule has 7 heteroatoms. The van der Waals surface area contributed by atoms with E-state index in [1.54, 1.807) is 0 Å². The third kappa shape index (κ3) is 3.90. The lowest BCUT2D eigenvalue weighted by Crippen LogP contribution is -2.38. The molecule has 0 radical (unpaired) electrons. The van der Waals surface area contributed by atoms with Gasteiger partial charge in [-0.2, -0.15) is 0 Å². The first-order valence-electron chi connectivity index (χ1n) is 5.72. The Morgan fingerprint density at radius 1 is 1.53 bits per heavy atom. The van der Waals surface area contributed by atoms with Crippen molar-refractivity contribution in [2.24, 2.45) is 0 Å². The van der Waals surface area contributed by atoms with E-state index < -0.39 is 10.8 Å². The van der Waals surface area contributed by atoms with Crippen molar-refractivity contribution < 1.29 is 9.72 Å². The fourth-order valence-corrected chi connectivity index (χ4v) is 1.64. The normalized spacial score (nSPS) is 12.3. The predicted octanol–water partition coefficient (Wildman–Crippen LogP) is 1.93. The number of benzene rings is 1. The van der Waals surface area contributed by atoms with Gasteiger partial charge in [0.05, 0.1) is 10.5 Å². The van der Waals surface area contributed by atoms with Gasteiger partial charge in [0.1, 0.15) is 5.02 Å². The monoisotopic (exact) mass is 285 g/mol. The minimum Gasteiger partial charge on any atom is -0.350 e. The Labute approximate surface area is 116 Å². The largest absolute Gasteiger partial charge is 0.350 e. The van der Waals surface area contributed by atoms with E-state index in [2.05, 4.69) is 5.32 Å². The number of nitrogens with zero attached hydrogens (tertiary/aromatic N) is 2. The van der Waals surface area contributed by atoms with Gasteiger partial charge in [-0.05, 0) is 27.1 Å². The van der Waals surface area contributed by atoms with Crippen molar-refractivity contribution in [1.82, 2.24) is 10.2 Å². The van der Waals surface area contributed by atoms with Crippen molar-refractivity contribution in [3.8, 4) is 0 Å². The van der Waals surface area contributed by atoms with E-state index in [1.807, 2.05) is 25.9 Å². The molecule has 1 amide bonds. The van der Waals surface area contributed by atoms with Gasteiger partial charge in [0.2, 0.25) is 0 Å². The molecule has 0 aromatic heterocycles. The van der Waals surface area contributed by atoms with E-state index in [9.17, 15) is 14.9 Å². The van der Waals surface area contributed by atoms with Gasteiger partial charge < -0.3 is 10.2 Å². The Morgan fingerprint density at radius 2 is 2.16 bits per heavy atom. The fraction of sp³-hybridized carbons (Fsp3) is 0.417. The molecule has 1 aromatic carbocycles. The van der Waals surface area contributed by atoms with E-state index >= 15 is 0 Å². The summed E-state index contributed by atoms with van der Waals surface area (Å²) in [5.41, 5.74) is -0.156. The summed E-state index contributed by atoms with van der Waals surface area (Å²) in [4.78, 5) is 24.0.